The molecule has 13 nitrogen and oxygen atoms in total. The molecule has 5 N–H and O–H groups in total. The van der Waals surface area contributed by atoms with Crippen LogP contribution in [-0.4, -0.2) is 49.2 Å². The molecule has 3 aromatic carbocycles. The van der Waals surface area contributed by atoms with Crippen molar-refractivity contribution in [2.75, 3.05) is 32.0 Å². The molecule has 0 radical (unpaired) electrons. The van der Waals surface area contributed by atoms with Crippen LogP contribution in [0.1, 0.15) is 50.8 Å². The Bertz CT molecular complexity index is 2070. The van der Waals surface area contributed by atoms with Crippen molar-refractivity contribution in [1.82, 2.24) is 15.3 Å². The van der Waals surface area contributed by atoms with Crippen LogP contribution < -0.4 is 46.7 Å². The van der Waals surface area contributed by atoms with Crippen molar-refractivity contribution in [3.05, 3.63) is 84.5 Å². The van der Waals surface area contributed by atoms with E-state index >= 15 is 0 Å². The molecule has 4 aromatic rings. The molecule has 2 amide bonds. The maximum absolute atomic E-state index is 13.9. The lowest BCUT2D eigenvalue weighted by Gasteiger charge is -2.24. The van der Waals surface area contributed by atoms with Gasteiger partial charge >= 0.3 is 11.1 Å². The molecule has 0 fully saturated rings. The minimum Gasteiger partial charge on any atom is -0.493 e. The highest BCUT2D eigenvalue weighted by atomic mass is 16.5. The van der Waals surface area contributed by atoms with Crippen molar-refractivity contribution in [2.45, 2.75) is 52.1 Å². The Balaban J connectivity index is 1.59. The Morgan fingerprint density at radius 2 is 1.62 bits per heavy atom. The van der Waals surface area contributed by atoms with Crippen LogP contribution in [0.2, 0.25) is 0 Å². The Morgan fingerprint density at radius 3 is 2.27 bits per heavy atom. The van der Waals surface area contributed by atoms with E-state index in [9.17, 15) is 24.0 Å². The quantitative estimate of drug-likeness (QED) is 0.158. The van der Waals surface area contributed by atoms with E-state index in [4.69, 9.17) is 14.2 Å². The molecule has 13 heteroatoms. The SMILES string of the molecule is CC[C@@H](C)[C@@H](Nc1ccc2c(cc1=O)[C@@H](NC(C)=O)CCc1cc(OC)c(OC)c(OC)c1-2)C(=O)Nc1ccc2[nH]c(=O)c(=O)[nH]c2c1. The number of anilines is 2. The molecular weight excluding hydrogens is 618 g/mol. The van der Waals surface area contributed by atoms with Gasteiger partial charge in [0, 0.05) is 18.2 Å². The average Bonchev–Trinajstić information content (AvgIpc) is 3.30. The summed E-state index contributed by atoms with van der Waals surface area (Å²) in [5.41, 5.74) is 2.26. The highest BCUT2D eigenvalue weighted by molar-refractivity contribution is 5.98. The van der Waals surface area contributed by atoms with Crippen molar-refractivity contribution in [3.63, 3.8) is 0 Å². The maximum atomic E-state index is 13.9. The van der Waals surface area contributed by atoms with Crippen LogP contribution >= 0.6 is 0 Å². The normalized spacial score (nSPS) is 14.8. The number of carbonyl (C=O) groups excluding carboxylic acids is 2. The Kier molecular flexibility index (Phi) is 9.87. The second kappa shape index (κ2) is 14.0. The molecule has 1 aliphatic carbocycles. The fraction of sp³-hybridized carbons (Fsp3) is 0.343. The molecule has 0 saturated carbocycles. The lowest BCUT2D eigenvalue weighted by molar-refractivity contribution is -0.120. The predicted octanol–water partition coefficient (Wildman–Crippen LogP) is 3.86. The molecule has 5 rings (SSSR count). The van der Waals surface area contributed by atoms with E-state index in [0.717, 1.165) is 5.56 Å². The van der Waals surface area contributed by atoms with Gasteiger partial charge in [0.25, 0.3) is 0 Å². The number of methoxy groups -OCH3 is 3. The number of aromatic amines is 2. The third-order valence-corrected chi connectivity index (χ3v) is 8.71. The van der Waals surface area contributed by atoms with Crippen molar-refractivity contribution in [1.29, 1.82) is 0 Å². The number of carbonyl (C=O) groups is 2. The van der Waals surface area contributed by atoms with Gasteiger partial charge in [0.15, 0.2) is 11.5 Å². The van der Waals surface area contributed by atoms with Crippen LogP contribution in [0.4, 0.5) is 11.4 Å². The molecule has 48 heavy (non-hydrogen) atoms. The fourth-order valence-electron chi connectivity index (χ4n) is 6.11. The standard InChI is InChI=1S/C35H39N5O8/c1-7-17(2)30(33(43)37-20-9-12-24-26(15-20)40-35(45)34(44)39-24)38-25-13-10-21-22(16-27(25)42)23(36-18(3)41)11-8-19-14-28(46-4)31(47-5)32(48-6)29(19)21/h9-10,12-17,23,30H,7-8,11H2,1-6H3,(H,36,41)(H,37,43)(H,38,42)(H,39,44)(H,40,45)/t17-,23+,30-/m1/s1. The summed E-state index contributed by atoms with van der Waals surface area (Å²) in [5, 5.41) is 9.05. The molecule has 0 aliphatic heterocycles. The number of aromatic nitrogens is 2. The zero-order valence-electron chi connectivity index (χ0n) is 27.7. The largest absolute Gasteiger partial charge is 0.493 e. The average molecular weight is 658 g/mol. The van der Waals surface area contributed by atoms with Gasteiger partial charge in [0.05, 0.1) is 44.1 Å². The molecule has 3 atom stereocenters. The molecular formula is C35H39N5O8. The Morgan fingerprint density at radius 1 is 0.917 bits per heavy atom. The van der Waals surface area contributed by atoms with E-state index in [1.807, 2.05) is 19.9 Å². The Hall–Kier alpha value is -5.59. The highest BCUT2D eigenvalue weighted by Gasteiger charge is 2.30. The number of nitrogens with one attached hydrogen (secondary N) is 5. The Labute approximate surface area is 276 Å². The molecule has 1 heterocycles. The second-order valence-corrected chi connectivity index (χ2v) is 11.8. The number of rotatable bonds is 10. The molecule has 1 aromatic heterocycles. The van der Waals surface area contributed by atoms with Crippen LogP contribution in [0, 0.1) is 5.92 Å². The zero-order chi connectivity index (χ0) is 34.7. The van der Waals surface area contributed by atoms with E-state index in [0.29, 0.717) is 69.9 Å². The molecule has 252 valence electrons. The van der Waals surface area contributed by atoms with E-state index in [1.54, 1.807) is 37.4 Å². The molecule has 1 aliphatic rings. The number of ether oxygens (including phenoxy) is 3. The summed E-state index contributed by atoms with van der Waals surface area (Å²) in [5.74, 6) is 0.481. The van der Waals surface area contributed by atoms with Crippen LogP contribution in [-0.2, 0) is 16.0 Å². The number of benzene rings is 2. The van der Waals surface area contributed by atoms with Crippen LogP contribution in [0.15, 0.2) is 56.8 Å². The van der Waals surface area contributed by atoms with E-state index in [1.165, 1.54) is 27.2 Å². The van der Waals surface area contributed by atoms with Crippen molar-refractivity contribution in [3.8, 4) is 28.4 Å². The van der Waals surface area contributed by atoms with Crippen molar-refractivity contribution >= 4 is 34.2 Å². The molecule has 0 bridgehead atoms. The van der Waals surface area contributed by atoms with E-state index in [-0.39, 0.29) is 22.9 Å². The predicted molar refractivity (Wildman–Crippen MR) is 183 cm³/mol. The first-order chi connectivity index (χ1) is 23.0. The second-order valence-electron chi connectivity index (χ2n) is 11.8. The molecule has 0 spiro atoms. The van der Waals surface area contributed by atoms with E-state index in [2.05, 4.69) is 25.9 Å². The summed E-state index contributed by atoms with van der Waals surface area (Å²) in [6.45, 7) is 5.27. The summed E-state index contributed by atoms with van der Waals surface area (Å²) >= 11 is 0. The maximum Gasteiger partial charge on any atom is 0.314 e. The molecule has 0 unspecified atom stereocenters. The third-order valence-electron chi connectivity index (χ3n) is 8.71. The number of hydrogen-bond acceptors (Lipinski definition) is 9. The monoisotopic (exact) mass is 657 g/mol. The number of amides is 2. The zero-order valence-corrected chi connectivity index (χ0v) is 27.7. The lowest BCUT2D eigenvalue weighted by atomic mass is 9.95. The van der Waals surface area contributed by atoms with Crippen LogP contribution in [0.25, 0.3) is 22.2 Å². The summed E-state index contributed by atoms with van der Waals surface area (Å²) in [6.07, 6.45) is 1.69. The van der Waals surface area contributed by atoms with Gasteiger partial charge in [-0.1, -0.05) is 26.3 Å². The smallest absolute Gasteiger partial charge is 0.314 e. The summed E-state index contributed by atoms with van der Waals surface area (Å²) in [7, 11) is 4.60. The van der Waals surface area contributed by atoms with Gasteiger partial charge in [0.1, 0.15) is 6.04 Å². The van der Waals surface area contributed by atoms with Crippen LogP contribution in [0.3, 0.4) is 0 Å². The van der Waals surface area contributed by atoms with Gasteiger partial charge in [-0.25, -0.2) is 0 Å². The van der Waals surface area contributed by atoms with Gasteiger partial charge < -0.3 is 40.1 Å². The van der Waals surface area contributed by atoms with Gasteiger partial charge in [-0.2, -0.15) is 0 Å². The highest BCUT2D eigenvalue weighted by Crippen LogP contribution is 2.50. The first-order valence-electron chi connectivity index (χ1n) is 15.6. The van der Waals surface area contributed by atoms with E-state index < -0.39 is 29.1 Å². The first-order valence-corrected chi connectivity index (χ1v) is 15.6. The lowest BCUT2D eigenvalue weighted by Crippen LogP contribution is -2.40. The third kappa shape index (κ3) is 6.61. The number of hydrogen-bond donors (Lipinski definition) is 5. The minimum atomic E-state index is -0.826. The number of fused-ring (bicyclic) bond motifs is 4. The van der Waals surface area contributed by atoms with Crippen molar-refractivity contribution < 1.29 is 23.8 Å². The summed E-state index contributed by atoms with van der Waals surface area (Å²) in [6, 6.07) is 10.2. The number of H-pyrrole nitrogens is 2. The summed E-state index contributed by atoms with van der Waals surface area (Å²) < 4.78 is 17.1. The molecule has 0 saturated heterocycles. The fourth-order valence-corrected chi connectivity index (χ4v) is 6.11. The van der Waals surface area contributed by atoms with Gasteiger partial charge in [-0.05, 0) is 71.8 Å². The van der Waals surface area contributed by atoms with Crippen LogP contribution in [0.5, 0.6) is 17.2 Å². The topological polar surface area (TPSA) is 181 Å². The number of aryl methyl sites for hydroxylation is 1. The van der Waals surface area contributed by atoms with Crippen molar-refractivity contribution in [2.24, 2.45) is 5.92 Å². The summed E-state index contributed by atoms with van der Waals surface area (Å²) in [4.78, 5) is 68.5. The van der Waals surface area contributed by atoms with Gasteiger partial charge in [0.2, 0.25) is 23.0 Å². The minimum absolute atomic E-state index is 0.187. The van der Waals surface area contributed by atoms with Gasteiger partial charge in [-0.3, -0.25) is 24.0 Å². The van der Waals surface area contributed by atoms with Gasteiger partial charge in [-0.15, -0.1) is 0 Å². The first kappa shape index (κ1) is 33.8.